The summed E-state index contributed by atoms with van der Waals surface area (Å²) >= 11 is -0.730. The van der Waals surface area contributed by atoms with E-state index in [0.717, 1.165) is 25.3 Å². The highest BCUT2D eigenvalue weighted by Crippen LogP contribution is 2.50. The lowest BCUT2D eigenvalue weighted by Crippen LogP contribution is -2.58. The Bertz CT molecular complexity index is 899. The van der Waals surface area contributed by atoms with Gasteiger partial charge in [-0.1, -0.05) is 12.5 Å². The van der Waals surface area contributed by atoms with Crippen LogP contribution in [-0.4, -0.2) is 29.0 Å². The Morgan fingerprint density at radius 3 is 2.34 bits per heavy atom. The molecule has 0 atom stereocenters. The van der Waals surface area contributed by atoms with Crippen molar-refractivity contribution >= 4 is 29.4 Å². The number of hydrogen-bond donors (Lipinski definition) is 2. The highest BCUT2D eigenvalue weighted by molar-refractivity contribution is 8.00. The predicted octanol–water partition coefficient (Wildman–Crippen LogP) is 3.92. The molecule has 0 aromatic heterocycles. The van der Waals surface area contributed by atoms with E-state index in [9.17, 15) is 27.2 Å². The zero-order chi connectivity index (χ0) is 21.4. The fourth-order valence-corrected chi connectivity index (χ4v) is 4.36. The summed E-state index contributed by atoms with van der Waals surface area (Å²) < 4.78 is 65.2. The van der Waals surface area contributed by atoms with Gasteiger partial charge in [0.25, 0.3) is 0 Å². The summed E-state index contributed by atoms with van der Waals surface area (Å²) in [6, 6.07) is 5.48. The number of benzene rings is 1. The van der Waals surface area contributed by atoms with Gasteiger partial charge in [-0.15, -0.1) is 0 Å². The lowest BCUT2D eigenvalue weighted by atomic mass is 9.87. The van der Waals surface area contributed by atoms with E-state index >= 15 is 0 Å². The molecule has 4 N–H and O–H groups in total. The van der Waals surface area contributed by atoms with E-state index in [4.69, 9.17) is 11.5 Å². The topological polar surface area (TPSA) is 104 Å². The van der Waals surface area contributed by atoms with Crippen molar-refractivity contribution in [2.75, 3.05) is 4.90 Å². The lowest BCUT2D eigenvalue weighted by Gasteiger charge is -2.46. The van der Waals surface area contributed by atoms with E-state index < -0.39 is 33.8 Å². The molecule has 156 valence electrons. The van der Waals surface area contributed by atoms with Crippen molar-refractivity contribution in [3.63, 3.8) is 0 Å². The molecular formula is C17H17F5N6S. The quantitative estimate of drug-likeness (QED) is 0.557. The number of aliphatic imine (C=N–C) groups is 2. The highest BCUT2D eigenvalue weighted by Gasteiger charge is 2.59. The highest BCUT2D eigenvalue weighted by atomic mass is 32.2. The molecule has 1 aliphatic carbocycles. The Kier molecular flexibility index (Phi) is 5.38. The number of anilines is 1. The molecule has 12 heteroatoms. The molecule has 0 amide bonds. The van der Waals surface area contributed by atoms with E-state index in [1.54, 1.807) is 6.07 Å². The molecule has 0 unspecified atom stereocenters. The molecule has 1 aliphatic heterocycles. The van der Waals surface area contributed by atoms with Crippen LogP contribution in [0.25, 0.3) is 0 Å². The van der Waals surface area contributed by atoms with Crippen molar-refractivity contribution in [2.24, 2.45) is 21.5 Å². The van der Waals surface area contributed by atoms with Gasteiger partial charge in [0.1, 0.15) is 11.7 Å². The van der Waals surface area contributed by atoms with Gasteiger partial charge in [0.15, 0.2) is 0 Å². The molecule has 1 heterocycles. The number of hydrogen-bond acceptors (Lipinski definition) is 7. The first kappa shape index (κ1) is 21.2. The SMILES string of the molecule is N#Cc1c(SC(F)(F)C(F)(F)F)cccc1N1C(N)=NC(N)=NC12CCCCC2. The van der Waals surface area contributed by atoms with Crippen molar-refractivity contribution in [1.82, 2.24) is 0 Å². The molecule has 2 aliphatic rings. The summed E-state index contributed by atoms with van der Waals surface area (Å²) in [6.07, 6.45) is -2.22. The van der Waals surface area contributed by atoms with Crippen LogP contribution in [0.3, 0.4) is 0 Å². The molecule has 1 aromatic carbocycles. The molecule has 0 saturated heterocycles. The maximum atomic E-state index is 13.6. The van der Waals surface area contributed by atoms with Gasteiger partial charge < -0.3 is 11.5 Å². The molecule has 1 aromatic rings. The van der Waals surface area contributed by atoms with E-state index in [-0.39, 0.29) is 23.2 Å². The average molecular weight is 432 g/mol. The minimum absolute atomic E-state index is 0.0479. The average Bonchev–Trinajstić information content (AvgIpc) is 2.60. The molecule has 1 fully saturated rings. The first-order valence-electron chi connectivity index (χ1n) is 8.67. The summed E-state index contributed by atoms with van der Waals surface area (Å²) in [5.74, 6) is -0.145. The van der Waals surface area contributed by atoms with Crippen molar-refractivity contribution in [3.8, 4) is 6.07 Å². The standard InChI is InChI=1S/C17H17F5N6S/c18-16(19,20)17(21,22)29-12-6-4-5-11(10(12)9-23)28-14(25)26-13(24)27-15(28)7-2-1-3-8-15/h4-6H,1-3,7-8H2,(H4,24,25,26,27). The van der Waals surface area contributed by atoms with Crippen molar-refractivity contribution in [2.45, 2.75) is 54.1 Å². The van der Waals surface area contributed by atoms with Crippen LogP contribution in [-0.2, 0) is 0 Å². The zero-order valence-electron chi connectivity index (χ0n) is 15.0. The molecule has 1 saturated carbocycles. The third-order valence-electron chi connectivity index (χ3n) is 4.78. The Morgan fingerprint density at radius 2 is 1.76 bits per heavy atom. The first-order chi connectivity index (χ1) is 13.5. The number of thioether (sulfide) groups is 1. The van der Waals surface area contributed by atoms with Crippen LogP contribution >= 0.6 is 11.8 Å². The van der Waals surface area contributed by atoms with Gasteiger partial charge in [0.05, 0.1) is 11.3 Å². The Labute approximate surface area is 167 Å². The van der Waals surface area contributed by atoms with E-state index in [2.05, 4.69) is 9.98 Å². The van der Waals surface area contributed by atoms with Gasteiger partial charge in [0, 0.05) is 4.90 Å². The van der Waals surface area contributed by atoms with E-state index in [1.807, 2.05) is 0 Å². The zero-order valence-corrected chi connectivity index (χ0v) is 15.8. The van der Waals surface area contributed by atoms with Crippen LogP contribution in [0.2, 0.25) is 0 Å². The van der Waals surface area contributed by atoms with Crippen LogP contribution in [0.15, 0.2) is 33.1 Å². The summed E-state index contributed by atoms with van der Waals surface area (Å²) in [5.41, 5.74) is 10.6. The summed E-state index contributed by atoms with van der Waals surface area (Å²) in [5, 5.41) is 4.53. The predicted molar refractivity (Wildman–Crippen MR) is 99.6 cm³/mol. The second-order valence-electron chi connectivity index (χ2n) is 6.70. The fourth-order valence-electron chi connectivity index (χ4n) is 3.57. The number of nitrogens with two attached hydrogens (primary N) is 2. The monoisotopic (exact) mass is 432 g/mol. The maximum Gasteiger partial charge on any atom is 0.464 e. The number of alkyl halides is 5. The summed E-state index contributed by atoms with van der Waals surface area (Å²) in [6.45, 7) is 0. The smallest absolute Gasteiger partial charge is 0.369 e. The third kappa shape index (κ3) is 3.83. The van der Waals surface area contributed by atoms with Crippen molar-refractivity contribution in [1.29, 1.82) is 5.26 Å². The van der Waals surface area contributed by atoms with Gasteiger partial charge in [-0.3, -0.25) is 4.90 Å². The summed E-state index contributed by atoms with van der Waals surface area (Å²) in [4.78, 5) is 9.23. The number of nitriles is 1. The molecule has 0 bridgehead atoms. The van der Waals surface area contributed by atoms with Crippen molar-refractivity contribution < 1.29 is 22.0 Å². The minimum atomic E-state index is -5.77. The molecule has 1 spiro atoms. The molecule has 29 heavy (non-hydrogen) atoms. The van der Waals surface area contributed by atoms with Crippen LogP contribution in [0, 0.1) is 11.3 Å². The third-order valence-corrected chi connectivity index (χ3v) is 5.82. The van der Waals surface area contributed by atoms with Gasteiger partial charge in [0.2, 0.25) is 11.9 Å². The minimum Gasteiger partial charge on any atom is -0.369 e. The number of halogens is 5. The Balaban J connectivity index is 2.11. The van der Waals surface area contributed by atoms with Gasteiger partial charge in [-0.25, -0.2) is 4.99 Å². The Morgan fingerprint density at radius 1 is 1.10 bits per heavy atom. The molecule has 6 nitrogen and oxygen atoms in total. The lowest BCUT2D eigenvalue weighted by molar-refractivity contribution is -0.237. The molecule has 0 radical (unpaired) electrons. The largest absolute Gasteiger partial charge is 0.464 e. The normalized spacial score (nSPS) is 19.5. The van der Waals surface area contributed by atoms with Gasteiger partial charge in [-0.2, -0.15) is 32.2 Å². The molecular weight excluding hydrogens is 415 g/mol. The number of nitrogens with zero attached hydrogens (tertiary/aromatic N) is 4. The number of rotatable bonds is 3. The van der Waals surface area contributed by atoms with E-state index in [0.29, 0.717) is 12.8 Å². The van der Waals surface area contributed by atoms with Gasteiger partial charge in [-0.05, 0) is 49.6 Å². The molecule has 3 rings (SSSR count). The first-order valence-corrected chi connectivity index (χ1v) is 9.49. The van der Waals surface area contributed by atoms with Crippen LogP contribution in [0.5, 0.6) is 0 Å². The maximum absolute atomic E-state index is 13.6. The van der Waals surface area contributed by atoms with Crippen LogP contribution in [0.4, 0.5) is 27.6 Å². The van der Waals surface area contributed by atoms with E-state index in [1.165, 1.54) is 17.0 Å². The summed E-state index contributed by atoms with van der Waals surface area (Å²) in [7, 11) is 0. The fraction of sp³-hybridized carbons (Fsp3) is 0.471. The Hall–Kier alpha value is -2.55. The van der Waals surface area contributed by atoms with Gasteiger partial charge >= 0.3 is 11.4 Å². The van der Waals surface area contributed by atoms with Crippen LogP contribution in [0.1, 0.15) is 37.7 Å². The van der Waals surface area contributed by atoms with Crippen LogP contribution < -0.4 is 16.4 Å². The van der Waals surface area contributed by atoms with Crippen molar-refractivity contribution in [3.05, 3.63) is 23.8 Å². The second kappa shape index (κ2) is 7.37. The number of guanidine groups is 2. The second-order valence-corrected chi connectivity index (χ2v) is 7.85.